The first-order valence-corrected chi connectivity index (χ1v) is 7.01. The quantitative estimate of drug-likeness (QED) is 0.453. The zero-order chi connectivity index (χ0) is 14.2. The van der Waals surface area contributed by atoms with E-state index in [1.54, 1.807) is 0 Å². The number of hydrogen-bond donors (Lipinski definition) is 2. The van der Waals surface area contributed by atoms with Crippen molar-refractivity contribution in [2.45, 2.75) is 19.8 Å². The van der Waals surface area contributed by atoms with Crippen LogP contribution in [0.15, 0.2) is 11.2 Å². The van der Waals surface area contributed by atoms with Crippen LogP contribution >= 0.6 is 0 Å². The van der Waals surface area contributed by atoms with Gasteiger partial charge in [0.15, 0.2) is 5.82 Å². The van der Waals surface area contributed by atoms with Gasteiger partial charge in [0.25, 0.3) is 0 Å². The summed E-state index contributed by atoms with van der Waals surface area (Å²) in [6.07, 6.45) is 2.23. The largest absolute Gasteiger partial charge is 0.378 e. The Balaban J connectivity index is 0.00000220. The number of morpholine rings is 1. The van der Waals surface area contributed by atoms with Crippen molar-refractivity contribution in [3.05, 3.63) is 6.07 Å². The van der Waals surface area contributed by atoms with Crippen LogP contribution in [0.5, 0.6) is 0 Å². The Morgan fingerprint density at radius 1 is 1.45 bits per heavy atom. The highest BCUT2D eigenvalue weighted by molar-refractivity contribution is 5.54. The Hall–Kier alpha value is -1.89. The SMILES string of the molecule is C=NNc1cc(N2CCOCC2)nc(NCCCC)n1.[HH].[HH]. The molecule has 0 aromatic carbocycles. The normalized spacial score (nSPS) is 14.9. The van der Waals surface area contributed by atoms with Crippen LogP contribution in [-0.2, 0) is 4.74 Å². The summed E-state index contributed by atoms with van der Waals surface area (Å²) < 4.78 is 5.36. The molecule has 0 saturated carbocycles. The van der Waals surface area contributed by atoms with Crippen molar-refractivity contribution in [2.24, 2.45) is 5.10 Å². The molecule has 2 heterocycles. The Labute approximate surface area is 122 Å². The Morgan fingerprint density at radius 3 is 2.95 bits per heavy atom. The monoisotopic (exact) mass is 282 g/mol. The summed E-state index contributed by atoms with van der Waals surface area (Å²) in [6, 6.07) is 1.88. The molecule has 1 aliphatic rings. The predicted molar refractivity (Wildman–Crippen MR) is 85.9 cm³/mol. The minimum atomic E-state index is 0. The summed E-state index contributed by atoms with van der Waals surface area (Å²) in [5.41, 5.74) is 2.78. The zero-order valence-corrected chi connectivity index (χ0v) is 11.9. The van der Waals surface area contributed by atoms with Crippen molar-refractivity contribution in [2.75, 3.05) is 48.5 Å². The molecule has 7 nitrogen and oxygen atoms in total. The van der Waals surface area contributed by atoms with Gasteiger partial charge in [0, 0.05) is 35.3 Å². The molecular formula is C13H26N6O. The van der Waals surface area contributed by atoms with E-state index in [2.05, 4.69) is 44.4 Å². The second-order valence-electron chi connectivity index (χ2n) is 4.58. The van der Waals surface area contributed by atoms with Crippen molar-refractivity contribution in [1.29, 1.82) is 0 Å². The molecule has 1 saturated heterocycles. The van der Waals surface area contributed by atoms with Crippen molar-refractivity contribution in [3.8, 4) is 0 Å². The predicted octanol–water partition coefficient (Wildman–Crippen LogP) is 2.04. The molecule has 1 aromatic rings. The highest BCUT2D eigenvalue weighted by atomic mass is 16.5. The van der Waals surface area contributed by atoms with E-state index in [9.17, 15) is 0 Å². The Morgan fingerprint density at radius 2 is 2.25 bits per heavy atom. The average molecular weight is 282 g/mol. The number of aromatic nitrogens is 2. The molecule has 2 rings (SSSR count). The summed E-state index contributed by atoms with van der Waals surface area (Å²) in [5.74, 6) is 2.15. The van der Waals surface area contributed by atoms with E-state index in [0.717, 1.165) is 51.5 Å². The van der Waals surface area contributed by atoms with Crippen LogP contribution < -0.4 is 15.6 Å². The fourth-order valence-corrected chi connectivity index (χ4v) is 1.98. The van der Waals surface area contributed by atoms with Crippen molar-refractivity contribution in [3.63, 3.8) is 0 Å². The van der Waals surface area contributed by atoms with Crippen LogP contribution in [0.1, 0.15) is 22.6 Å². The summed E-state index contributed by atoms with van der Waals surface area (Å²) >= 11 is 0. The van der Waals surface area contributed by atoms with Gasteiger partial charge in [-0.2, -0.15) is 15.1 Å². The third kappa shape index (κ3) is 4.06. The van der Waals surface area contributed by atoms with E-state index >= 15 is 0 Å². The fourth-order valence-electron chi connectivity index (χ4n) is 1.98. The van der Waals surface area contributed by atoms with Crippen LogP contribution in [0.4, 0.5) is 17.6 Å². The minimum absolute atomic E-state index is 0. The maximum Gasteiger partial charge on any atom is 0.226 e. The summed E-state index contributed by atoms with van der Waals surface area (Å²) in [5, 5.41) is 6.91. The average Bonchev–Trinajstić information content (AvgIpc) is 2.49. The zero-order valence-electron chi connectivity index (χ0n) is 11.9. The molecule has 1 aliphatic heterocycles. The lowest BCUT2D eigenvalue weighted by Crippen LogP contribution is -2.37. The van der Waals surface area contributed by atoms with E-state index in [-0.39, 0.29) is 2.85 Å². The summed E-state index contributed by atoms with van der Waals surface area (Å²) in [7, 11) is 0. The lowest BCUT2D eigenvalue weighted by Gasteiger charge is -2.28. The second kappa shape index (κ2) is 7.64. The van der Waals surface area contributed by atoms with Gasteiger partial charge in [0.05, 0.1) is 13.2 Å². The lowest BCUT2D eigenvalue weighted by molar-refractivity contribution is 0.122. The number of hydrogen-bond acceptors (Lipinski definition) is 7. The van der Waals surface area contributed by atoms with Crippen molar-refractivity contribution < 1.29 is 7.59 Å². The molecule has 20 heavy (non-hydrogen) atoms. The fraction of sp³-hybridized carbons (Fsp3) is 0.615. The van der Waals surface area contributed by atoms with Gasteiger partial charge in [0.1, 0.15) is 5.82 Å². The number of unbranched alkanes of at least 4 members (excludes halogenated alkanes) is 1. The summed E-state index contributed by atoms with van der Waals surface area (Å²) in [4.78, 5) is 11.1. The van der Waals surface area contributed by atoms with Crippen LogP contribution in [0.25, 0.3) is 0 Å². The van der Waals surface area contributed by atoms with Gasteiger partial charge >= 0.3 is 0 Å². The van der Waals surface area contributed by atoms with Gasteiger partial charge in [0.2, 0.25) is 5.95 Å². The van der Waals surface area contributed by atoms with Crippen LogP contribution in [0, 0.1) is 0 Å². The number of rotatable bonds is 7. The molecule has 0 unspecified atom stereocenters. The number of anilines is 3. The van der Waals surface area contributed by atoms with Gasteiger partial charge in [-0.1, -0.05) is 13.3 Å². The molecule has 0 atom stereocenters. The molecule has 0 radical (unpaired) electrons. The smallest absolute Gasteiger partial charge is 0.226 e. The molecule has 0 bridgehead atoms. The third-order valence-electron chi connectivity index (χ3n) is 3.05. The number of nitrogens with zero attached hydrogens (tertiary/aromatic N) is 4. The van der Waals surface area contributed by atoms with Crippen molar-refractivity contribution >= 4 is 24.3 Å². The van der Waals surface area contributed by atoms with Gasteiger partial charge in [-0.3, -0.25) is 5.43 Å². The van der Waals surface area contributed by atoms with E-state index in [4.69, 9.17) is 4.74 Å². The molecule has 1 aromatic heterocycles. The van der Waals surface area contributed by atoms with Crippen LogP contribution in [-0.4, -0.2) is 49.5 Å². The van der Waals surface area contributed by atoms with Crippen molar-refractivity contribution in [1.82, 2.24) is 9.97 Å². The molecule has 7 heteroatoms. The summed E-state index contributed by atoms with van der Waals surface area (Å²) in [6.45, 7) is 9.58. The van der Waals surface area contributed by atoms with Gasteiger partial charge in [-0.05, 0) is 6.42 Å². The standard InChI is InChI=1S/C13H22N6O.2H2/c1-3-4-5-15-13-16-11(18-14-2)10-12(17-13)19-6-8-20-9-7-19;;/h10H,2-9H2,1H3,(H2,15,16,17,18);2*1H. The van der Waals surface area contributed by atoms with Crippen LogP contribution in [0.3, 0.4) is 0 Å². The van der Waals surface area contributed by atoms with E-state index in [0.29, 0.717) is 11.8 Å². The molecule has 0 amide bonds. The minimum Gasteiger partial charge on any atom is -0.378 e. The maximum atomic E-state index is 5.36. The van der Waals surface area contributed by atoms with E-state index < -0.39 is 0 Å². The first kappa shape index (κ1) is 14.5. The molecule has 0 aliphatic carbocycles. The highest BCUT2D eigenvalue weighted by Gasteiger charge is 2.14. The first-order valence-electron chi connectivity index (χ1n) is 7.01. The van der Waals surface area contributed by atoms with E-state index in [1.807, 2.05) is 6.07 Å². The van der Waals surface area contributed by atoms with Gasteiger partial charge in [-0.15, -0.1) is 0 Å². The molecule has 2 N–H and O–H groups in total. The molecule has 1 fully saturated rings. The van der Waals surface area contributed by atoms with E-state index in [1.165, 1.54) is 0 Å². The maximum absolute atomic E-state index is 5.36. The lowest BCUT2D eigenvalue weighted by atomic mass is 10.3. The third-order valence-corrected chi connectivity index (χ3v) is 3.05. The topological polar surface area (TPSA) is 74.7 Å². The molecular weight excluding hydrogens is 256 g/mol. The van der Waals surface area contributed by atoms with Gasteiger partial charge < -0.3 is 15.0 Å². The number of nitrogens with one attached hydrogen (secondary N) is 2. The van der Waals surface area contributed by atoms with Gasteiger partial charge in [-0.25, -0.2) is 0 Å². The second-order valence-corrected chi connectivity index (χ2v) is 4.58. The molecule has 114 valence electrons. The number of ether oxygens (including phenoxy) is 1. The molecule has 0 spiro atoms. The first-order chi connectivity index (χ1) is 9.83. The highest BCUT2D eigenvalue weighted by Crippen LogP contribution is 2.19. The number of hydrazone groups is 1. The Kier molecular flexibility index (Phi) is 5.55. The van der Waals surface area contributed by atoms with Crippen LogP contribution in [0.2, 0.25) is 0 Å². The Bertz CT molecular complexity index is 443.